The second kappa shape index (κ2) is 5.31. The van der Waals surface area contributed by atoms with Gasteiger partial charge in [-0.05, 0) is 17.9 Å². The predicted molar refractivity (Wildman–Crippen MR) is 75.1 cm³/mol. The zero-order valence-electron chi connectivity index (χ0n) is 10.5. The first-order valence-electron chi connectivity index (χ1n) is 5.88. The summed E-state index contributed by atoms with van der Waals surface area (Å²) in [6.45, 7) is 3.15. The van der Waals surface area contributed by atoms with Crippen molar-refractivity contribution in [1.82, 2.24) is 9.97 Å². The number of nitrogens with zero attached hydrogens (tertiary/aromatic N) is 3. The summed E-state index contributed by atoms with van der Waals surface area (Å²) in [5.41, 5.74) is 0. The normalized spacial score (nSPS) is 10.8. The van der Waals surface area contributed by atoms with Gasteiger partial charge in [0.1, 0.15) is 10.6 Å². The molecule has 2 aromatic rings. The Balaban J connectivity index is 2.33. The lowest BCUT2D eigenvalue weighted by Crippen LogP contribution is -2.14. The first-order valence-corrected chi connectivity index (χ1v) is 6.76. The number of hydrogen-bond donors (Lipinski definition) is 1. The molecular weight excluding hydrogens is 232 g/mol. The van der Waals surface area contributed by atoms with Gasteiger partial charge in [0.05, 0.1) is 5.39 Å². The van der Waals surface area contributed by atoms with Gasteiger partial charge in [-0.1, -0.05) is 13.3 Å². The number of thiophene rings is 1. The van der Waals surface area contributed by atoms with Crippen molar-refractivity contribution in [3.05, 3.63) is 11.4 Å². The highest BCUT2D eigenvalue weighted by molar-refractivity contribution is 7.16. The van der Waals surface area contributed by atoms with E-state index in [1.807, 2.05) is 19.0 Å². The van der Waals surface area contributed by atoms with Gasteiger partial charge in [-0.3, -0.25) is 0 Å². The highest BCUT2D eigenvalue weighted by Gasteiger charge is 2.09. The van der Waals surface area contributed by atoms with E-state index in [-0.39, 0.29) is 0 Å². The summed E-state index contributed by atoms with van der Waals surface area (Å²) in [4.78, 5) is 12.1. The topological polar surface area (TPSA) is 41.1 Å². The van der Waals surface area contributed by atoms with E-state index in [0.717, 1.165) is 34.9 Å². The van der Waals surface area contributed by atoms with Crippen LogP contribution in [-0.4, -0.2) is 30.6 Å². The maximum absolute atomic E-state index is 4.55. The minimum Gasteiger partial charge on any atom is -0.369 e. The third kappa shape index (κ3) is 2.66. The van der Waals surface area contributed by atoms with Crippen molar-refractivity contribution < 1.29 is 0 Å². The molecule has 0 radical (unpaired) electrons. The van der Waals surface area contributed by atoms with Crippen LogP contribution in [0.5, 0.6) is 0 Å². The molecule has 4 nitrogen and oxygen atoms in total. The monoisotopic (exact) mass is 250 g/mol. The number of anilines is 2. The minimum atomic E-state index is 0.763. The lowest BCUT2D eigenvalue weighted by molar-refractivity contribution is 0.831. The summed E-state index contributed by atoms with van der Waals surface area (Å²) >= 11 is 1.65. The van der Waals surface area contributed by atoms with Crippen LogP contribution in [0.2, 0.25) is 0 Å². The van der Waals surface area contributed by atoms with Crippen molar-refractivity contribution in [3.8, 4) is 0 Å². The zero-order valence-corrected chi connectivity index (χ0v) is 11.3. The molecule has 2 aromatic heterocycles. The van der Waals surface area contributed by atoms with Crippen LogP contribution in [0, 0.1) is 0 Å². The van der Waals surface area contributed by atoms with Crippen molar-refractivity contribution in [3.63, 3.8) is 0 Å². The molecule has 0 amide bonds. The molecule has 0 spiro atoms. The van der Waals surface area contributed by atoms with E-state index >= 15 is 0 Å². The summed E-state index contributed by atoms with van der Waals surface area (Å²) in [7, 11) is 3.93. The van der Waals surface area contributed by atoms with Crippen molar-refractivity contribution in [2.45, 2.75) is 19.8 Å². The van der Waals surface area contributed by atoms with Gasteiger partial charge in [-0.25, -0.2) is 4.98 Å². The maximum atomic E-state index is 4.55. The van der Waals surface area contributed by atoms with Gasteiger partial charge in [0, 0.05) is 20.6 Å². The van der Waals surface area contributed by atoms with E-state index in [4.69, 9.17) is 0 Å². The molecule has 0 atom stereocenters. The Morgan fingerprint density at radius 3 is 2.88 bits per heavy atom. The molecule has 0 aliphatic heterocycles. The average molecular weight is 250 g/mol. The molecule has 0 fully saturated rings. The molecule has 2 rings (SSSR count). The summed E-state index contributed by atoms with van der Waals surface area (Å²) in [6, 6.07) is 2.08. The van der Waals surface area contributed by atoms with Gasteiger partial charge in [-0.15, -0.1) is 11.3 Å². The quantitative estimate of drug-likeness (QED) is 0.828. The summed E-state index contributed by atoms with van der Waals surface area (Å²) in [5.74, 6) is 1.72. The van der Waals surface area contributed by atoms with Gasteiger partial charge in [-0.2, -0.15) is 4.98 Å². The number of rotatable bonds is 5. The van der Waals surface area contributed by atoms with E-state index in [1.165, 1.54) is 6.42 Å². The fourth-order valence-electron chi connectivity index (χ4n) is 1.56. The fourth-order valence-corrected chi connectivity index (χ4v) is 2.32. The van der Waals surface area contributed by atoms with Crippen LogP contribution in [0.25, 0.3) is 10.2 Å². The molecule has 5 heteroatoms. The van der Waals surface area contributed by atoms with Crippen molar-refractivity contribution in [2.75, 3.05) is 30.9 Å². The summed E-state index contributed by atoms with van der Waals surface area (Å²) in [6.07, 6.45) is 2.35. The molecule has 1 N–H and O–H groups in total. The van der Waals surface area contributed by atoms with Gasteiger partial charge in [0.15, 0.2) is 0 Å². The second-order valence-corrected chi connectivity index (χ2v) is 5.08. The molecule has 0 saturated heterocycles. The smallest absolute Gasteiger partial charge is 0.228 e. The highest BCUT2D eigenvalue weighted by atomic mass is 32.1. The Morgan fingerprint density at radius 2 is 2.18 bits per heavy atom. The van der Waals surface area contributed by atoms with Gasteiger partial charge in [0.2, 0.25) is 5.95 Å². The standard InChI is InChI=1S/C12H18N4S/c1-4-5-7-13-10-9-6-8-17-11(9)15-12(14-10)16(2)3/h6,8H,4-5,7H2,1-3H3,(H,13,14,15). The van der Waals surface area contributed by atoms with Crippen LogP contribution in [0.3, 0.4) is 0 Å². The molecule has 17 heavy (non-hydrogen) atoms. The highest BCUT2D eigenvalue weighted by Crippen LogP contribution is 2.27. The zero-order chi connectivity index (χ0) is 12.3. The van der Waals surface area contributed by atoms with Gasteiger partial charge in [0.25, 0.3) is 0 Å². The summed E-state index contributed by atoms with van der Waals surface area (Å²) < 4.78 is 0. The van der Waals surface area contributed by atoms with E-state index < -0.39 is 0 Å². The molecule has 0 aliphatic carbocycles. The SMILES string of the molecule is CCCCNc1nc(N(C)C)nc2sccc12. The molecular formula is C12H18N4S. The second-order valence-electron chi connectivity index (χ2n) is 4.19. The Hall–Kier alpha value is -1.36. The van der Waals surface area contributed by atoms with Crippen LogP contribution in [0.4, 0.5) is 11.8 Å². The number of fused-ring (bicyclic) bond motifs is 1. The largest absolute Gasteiger partial charge is 0.369 e. The van der Waals surface area contributed by atoms with Gasteiger partial charge >= 0.3 is 0 Å². The van der Waals surface area contributed by atoms with Crippen LogP contribution in [0.15, 0.2) is 11.4 Å². The van der Waals surface area contributed by atoms with E-state index in [2.05, 4.69) is 33.7 Å². The number of aromatic nitrogens is 2. The molecule has 0 bridgehead atoms. The lowest BCUT2D eigenvalue weighted by Gasteiger charge is -2.13. The molecule has 0 aromatic carbocycles. The van der Waals surface area contributed by atoms with Gasteiger partial charge < -0.3 is 10.2 Å². The third-order valence-corrected chi connectivity index (χ3v) is 3.34. The van der Waals surface area contributed by atoms with E-state index in [1.54, 1.807) is 11.3 Å². The average Bonchev–Trinajstić information content (AvgIpc) is 2.77. The maximum Gasteiger partial charge on any atom is 0.228 e. The number of unbranched alkanes of at least 4 members (excludes halogenated alkanes) is 1. The van der Waals surface area contributed by atoms with Crippen molar-refractivity contribution in [2.24, 2.45) is 0 Å². The molecule has 92 valence electrons. The Labute approximate surface area is 106 Å². The Kier molecular flexibility index (Phi) is 3.78. The number of nitrogens with one attached hydrogen (secondary N) is 1. The lowest BCUT2D eigenvalue weighted by atomic mass is 10.3. The first kappa shape index (κ1) is 12.1. The van der Waals surface area contributed by atoms with Crippen LogP contribution >= 0.6 is 11.3 Å². The number of hydrogen-bond acceptors (Lipinski definition) is 5. The first-order chi connectivity index (χ1) is 8.22. The summed E-state index contributed by atoms with van der Waals surface area (Å²) in [5, 5.41) is 6.58. The Morgan fingerprint density at radius 1 is 1.35 bits per heavy atom. The molecule has 0 saturated carbocycles. The molecule has 2 heterocycles. The fraction of sp³-hybridized carbons (Fsp3) is 0.500. The molecule has 0 unspecified atom stereocenters. The van der Waals surface area contributed by atoms with Crippen LogP contribution < -0.4 is 10.2 Å². The van der Waals surface area contributed by atoms with Crippen molar-refractivity contribution in [1.29, 1.82) is 0 Å². The third-order valence-electron chi connectivity index (χ3n) is 2.54. The predicted octanol–water partition coefficient (Wildman–Crippen LogP) is 2.97. The van der Waals surface area contributed by atoms with Crippen molar-refractivity contribution >= 4 is 33.3 Å². The van der Waals surface area contributed by atoms with Crippen LogP contribution in [0.1, 0.15) is 19.8 Å². The Bertz CT molecular complexity index is 492. The van der Waals surface area contributed by atoms with Crippen LogP contribution in [-0.2, 0) is 0 Å². The minimum absolute atomic E-state index is 0.763. The van der Waals surface area contributed by atoms with E-state index in [9.17, 15) is 0 Å². The van der Waals surface area contributed by atoms with E-state index in [0.29, 0.717) is 0 Å². The molecule has 0 aliphatic rings.